The standard InChI is InChI=1S/C12H18N2O2.ClH/c13-7-12-9-14(4-5-16-12)8-10-2-1-3-11(15)6-10;/h1-3,6,12,15H,4-5,7-9,13H2;1H. The summed E-state index contributed by atoms with van der Waals surface area (Å²) in [5.74, 6) is 0.320. The molecule has 0 radical (unpaired) electrons. The highest BCUT2D eigenvalue weighted by Crippen LogP contribution is 2.14. The van der Waals surface area contributed by atoms with Crippen molar-refractivity contribution < 1.29 is 9.84 Å². The predicted molar refractivity (Wildman–Crippen MR) is 69.4 cm³/mol. The van der Waals surface area contributed by atoms with E-state index < -0.39 is 0 Å². The summed E-state index contributed by atoms with van der Waals surface area (Å²) < 4.78 is 5.50. The van der Waals surface area contributed by atoms with E-state index >= 15 is 0 Å². The molecule has 1 heterocycles. The second-order valence-corrected chi connectivity index (χ2v) is 4.13. The number of aromatic hydroxyl groups is 1. The van der Waals surface area contributed by atoms with Gasteiger partial charge >= 0.3 is 0 Å². The van der Waals surface area contributed by atoms with Crippen molar-refractivity contribution in [3.05, 3.63) is 29.8 Å². The van der Waals surface area contributed by atoms with Gasteiger partial charge in [-0.25, -0.2) is 0 Å². The summed E-state index contributed by atoms with van der Waals surface area (Å²) in [6, 6.07) is 7.37. The molecular formula is C12H19ClN2O2. The molecule has 0 spiro atoms. The molecule has 5 heteroatoms. The minimum atomic E-state index is 0. The van der Waals surface area contributed by atoms with Crippen LogP contribution in [0.2, 0.25) is 0 Å². The van der Waals surface area contributed by atoms with E-state index in [0.717, 1.165) is 31.8 Å². The van der Waals surface area contributed by atoms with Crippen molar-refractivity contribution in [2.24, 2.45) is 5.73 Å². The average molecular weight is 259 g/mol. The number of hydrogen-bond acceptors (Lipinski definition) is 4. The van der Waals surface area contributed by atoms with E-state index in [-0.39, 0.29) is 18.5 Å². The maximum Gasteiger partial charge on any atom is 0.115 e. The maximum absolute atomic E-state index is 9.38. The third kappa shape index (κ3) is 4.16. The molecule has 4 nitrogen and oxygen atoms in total. The fraction of sp³-hybridized carbons (Fsp3) is 0.500. The summed E-state index contributed by atoms with van der Waals surface area (Å²) in [5.41, 5.74) is 6.71. The minimum absolute atomic E-state index is 0. The monoisotopic (exact) mass is 258 g/mol. The van der Waals surface area contributed by atoms with E-state index in [1.54, 1.807) is 12.1 Å². The summed E-state index contributed by atoms with van der Waals surface area (Å²) in [6.07, 6.45) is 0.144. The number of nitrogens with two attached hydrogens (primary N) is 1. The Balaban J connectivity index is 0.00000144. The maximum atomic E-state index is 9.38. The van der Waals surface area contributed by atoms with E-state index in [2.05, 4.69) is 4.90 Å². The highest BCUT2D eigenvalue weighted by atomic mass is 35.5. The smallest absolute Gasteiger partial charge is 0.115 e. The lowest BCUT2D eigenvalue weighted by atomic mass is 10.2. The molecule has 2 rings (SSSR count). The number of rotatable bonds is 3. The summed E-state index contributed by atoms with van der Waals surface area (Å²) >= 11 is 0. The van der Waals surface area contributed by atoms with Gasteiger partial charge < -0.3 is 15.6 Å². The highest BCUT2D eigenvalue weighted by Gasteiger charge is 2.18. The Bertz CT molecular complexity index is 349. The molecule has 17 heavy (non-hydrogen) atoms. The molecule has 1 saturated heterocycles. The molecule has 1 fully saturated rings. The van der Waals surface area contributed by atoms with Crippen LogP contribution in [0.25, 0.3) is 0 Å². The van der Waals surface area contributed by atoms with E-state index in [4.69, 9.17) is 10.5 Å². The van der Waals surface area contributed by atoms with Gasteiger partial charge in [-0.05, 0) is 17.7 Å². The first-order valence-corrected chi connectivity index (χ1v) is 5.60. The van der Waals surface area contributed by atoms with Gasteiger partial charge in [-0.1, -0.05) is 12.1 Å². The third-order valence-electron chi connectivity index (χ3n) is 2.80. The summed E-state index contributed by atoms with van der Waals surface area (Å²) in [4.78, 5) is 2.30. The van der Waals surface area contributed by atoms with E-state index in [9.17, 15) is 5.11 Å². The number of ether oxygens (including phenoxy) is 1. The molecule has 1 aliphatic heterocycles. The van der Waals surface area contributed by atoms with Crippen LogP contribution in [0.5, 0.6) is 5.75 Å². The van der Waals surface area contributed by atoms with Gasteiger partial charge in [0.25, 0.3) is 0 Å². The number of nitrogens with zero attached hydrogens (tertiary/aromatic N) is 1. The molecule has 96 valence electrons. The lowest BCUT2D eigenvalue weighted by Gasteiger charge is -2.32. The zero-order valence-electron chi connectivity index (χ0n) is 9.71. The number of halogens is 1. The Labute approximate surface area is 108 Å². The van der Waals surface area contributed by atoms with Crippen LogP contribution in [0, 0.1) is 0 Å². The van der Waals surface area contributed by atoms with Crippen LogP contribution >= 0.6 is 12.4 Å². The third-order valence-corrected chi connectivity index (χ3v) is 2.80. The highest BCUT2D eigenvalue weighted by molar-refractivity contribution is 5.85. The van der Waals surface area contributed by atoms with Crippen molar-refractivity contribution in [3.8, 4) is 5.75 Å². The van der Waals surface area contributed by atoms with Crippen LogP contribution in [0.4, 0.5) is 0 Å². The second-order valence-electron chi connectivity index (χ2n) is 4.13. The molecule has 1 aromatic carbocycles. The van der Waals surface area contributed by atoms with Crippen LogP contribution in [0.15, 0.2) is 24.3 Å². The lowest BCUT2D eigenvalue weighted by molar-refractivity contribution is -0.0260. The van der Waals surface area contributed by atoms with Gasteiger partial charge in [-0.3, -0.25) is 4.90 Å². The van der Waals surface area contributed by atoms with Crippen LogP contribution < -0.4 is 5.73 Å². The van der Waals surface area contributed by atoms with Crippen LogP contribution in [0.1, 0.15) is 5.56 Å². The van der Waals surface area contributed by atoms with E-state index in [1.165, 1.54) is 0 Å². The zero-order chi connectivity index (χ0) is 11.4. The second kappa shape index (κ2) is 6.81. The summed E-state index contributed by atoms with van der Waals surface area (Å²) in [5, 5.41) is 9.38. The van der Waals surface area contributed by atoms with Gasteiger partial charge in [-0.15, -0.1) is 12.4 Å². The normalized spacial score (nSPS) is 20.9. The summed E-state index contributed by atoms with van der Waals surface area (Å²) in [6.45, 7) is 3.93. The van der Waals surface area contributed by atoms with Gasteiger partial charge in [0.05, 0.1) is 12.7 Å². The van der Waals surface area contributed by atoms with Crippen molar-refractivity contribution in [1.29, 1.82) is 0 Å². The predicted octanol–water partition coefficient (Wildman–Crippen LogP) is 0.973. The molecule has 3 N–H and O–H groups in total. The molecule has 1 aliphatic rings. The van der Waals surface area contributed by atoms with Crippen molar-refractivity contribution >= 4 is 12.4 Å². The van der Waals surface area contributed by atoms with Gasteiger partial charge in [0.2, 0.25) is 0 Å². The van der Waals surface area contributed by atoms with Crippen molar-refractivity contribution in [2.75, 3.05) is 26.2 Å². The first-order chi connectivity index (χ1) is 7.78. The Morgan fingerprint density at radius 1 is 1.47 bits per heavy atom. The lowest BCUT2D eigenvalue weighted by Crippen LogP contribution is -2.45. The van der Waals surface area contributed by atoms with Crippen LogP contribution in [-0.4, -0.2) is 42.4 Å². The molecule has 0 aliphatic carbocycles. The van der Waals surface area contributed by atoms with Gasteiger partial charge in [0.1, 0.15) is 5.75 Å². The number of morpholine rings is 1. The first-order valence-electron chi connectivity index (χ1n) is 5.60. The van der Waals surface area contributed by atoms with Crippen LogP contribution in [-0.2, 0) is 11.3 Å². The van der Waals surface area contributed by atoms with E-state index in [1.807, 2.05) is 12.1 Å². The number of hydrogen-bond donors (Lipinski definition) is 2. The fourth-order valence-corrected chi connectivity index (χ4v) is 1.98. The molecule has 0 amide bonds. The fourth-order valence-electron chi connectivity index (χ4n) is 1.98. The van der Waals surface area contributed by atoms with Crippen LogP contribution in [0.3, 0.4) is 0 Å². The molecule has 0 saturated carbocycles. The quantitative estimate of drug-likeness (QED) is 0.849. The summed E-state index contributed by atoms with van der Waals surface area (Å²) in [7, 11) is 0. The van der Waals surface area contributed by atoms with Crippen molar-refractivity contribution in [3.63, 3.8) is 0 Å². The van der Waals surface area contributed by atoms with E-state index in [0.29, 0.717) is 12.3 Å². The molecular weight excluding hydrogens is 240 g/mol. The van der Waals surface area contributed by atoms with Crippen molar-refractivity contribution in [2.45, 2.75) is 12.6 Å². The van der Waals surface area contributed by atoms with Gasteiger partial charge in [-0.2, -0.15) is 0 Å². The minimum Gasteiger partial charge on any atom is -0.508 e. The Kier molecular flexibility index (Phi) is 5.71. The van der Waals surface area contributed by atoms with Crippen molar-refractivity contribution in [1.82, 2.24) is 4.90 Å². The molecule has 1 aromatic rings. The largest absolute Gasteiger partial charge is 0.508 e. The topological polar surface area (TPSA) is 58.7 Å². The Morgan fingerprint density at radius 2 is 2.29 bits per heavy atom. The Morgan fingerprint density at radius 3 is 3.00 bits per heavy atom. The van der Waals surface area contributed by atoms with Gasteiger partial charge in [0.15, 0.2) is 0 Å². The Hall–Kier alpha value is -0.810. The molecule has 1 atom stereocenters. The number of benzene rings is 1. The zero-order valence-corrected chi connectivity index (χ0v) is 10.5. The van der Waals surface area contributed by atoms with Gasteiger partial charge in [0, 0.05) is 26.2 Å². The molecule has 0 aromatic heterocycles. The molecule has 0 bridgehead atoms. The number of phenols is 1. The SMILES string of the molecule is Cl.NCC1CN(Cc2cccc(O)c2)CCO1. The first kappa shape index (κ1) is 14.3. The number of phenolic OH excluding ortho intramolecular Hbond substituents is 1. The average Bonchev–Trinajstić information content (AvgIpc) is 2.29. The molecule has 1 unspecified atom stereocenters.